The summed E-state index contributed by atoms with van der Waals surface area (Å²) >= 11 is 5.79. The van der Waals surface area contributed by atoms with Gasteiger partial charge in [-0.3, -0.25) is 4.79 Å². The third kappa shape index (κ3) is 4.39. The van der Waals surface area contributed by atoms with E-state index < -0.39 is 0 Å². The molecule has 20 heavy (non-hydrogen) atoms. The standard InChI is InChI=1S/C17H18ClNO/c1-13-4-2-5-14(12-13)6-3-11-19-17(20)15-7-9-16(18)10-8-15/h2,4-5,7-10,12H,3,6,11H2,1H3,(H,19,20). The summed E-state index contributed by atoms with van der Waals surface area (Å²) in [4.78, 5) is 11.9. The van der Waals surface area contributed by atoms with Crippen LogP contribution in [0.1, 0.15) is 27.9 Å². The minimum Gasteiger partial charge on any atom is -0.352 e. The molecular weight excluding hydrogens is 270 g/mol. The Labute approximate surface area is 124 Å². The Morgan fingerprint density at radius 1 is 1.15 bits per heavy atom. The Kier molecular flexibility index (Phi) is 5.19. The van der Waals surface area contributed by atoms with E-state index in [1.807, 2.05) is 0 Å². The van der Waals surface area contributed by atoms with E-state index >= 15 is 0 Å². The van der Waals surface area contributed by atoms with Crippen LogP contribution in [0.2, 0.25) is 5.02 Å². The predicted octanol–water partition coefficient (Wildman–Crippen LogP) is 4.01. The minimum absolute atomic E-state index is 0.0501. The second kappa shape index (κ2) is 7.11. The number of hydrogen-bond donors (Lipinski definition) is 1. The molecule has 0 fully saturated rings. The first-order chi connectivity index (χ1) is 9.65. The summed E-state index contributed by atoms with van der Waals surface area (Å²) in [6.07, 6.45) is 1.91. The molecule has 0 aromatic heterocycles. The van der Waals surface area contributed by atoms with E-state index in [2.05, 4.69) is 36.5 Å². The molecule has 0 saturated carbocycles. The molecule has 0 bridgehead atoms. The lowest BCUT2D eigenvalue weighted by atomic mass is 10.1. The Bertz CT molecular complexity index is 578. The zero-order valence-corrected chi connectivity index (χ0v) is 12.3. The minimum atomic E-state index is -0.0501. The van der Waals surface area contributed by atoms with Crippen LogP contribution in [0.25, 0.3) is 0 Å². The first-order valence-corrected chi connectivity index (χ1v) is 7.12. The van der Waals surface area contributed by atoms with Crippen LogP contribution in [0, 0.1) is 6.92 Å². The van der Waals surface area contributed by atoms with Crippen LogP contribution in [-0.2, 0) is 6.42 Å². The van der Waals surface area contributed by atoms with Gasteiger partial charge in [0, 0.05) is 17.1 Å². The fourth-order valence-electron chi connectivity index (χ4n) is 2.07. The summed E-state index contributed by atoms with van der Waals surface area (Å²) in [5, 5.41) is 3.56. The maximum absolute atomic E-state index is 11.9. The van der Waals surface area contributed by atoms with Gasteiger partial charge < -0.3 is 5.32 Å². The molecule has 0 radical (unpaired) electrons. The summed E-state index contributed by atoms with van der Waals surface area (Å²) in [6, 6.07) is 15.4. The molecule has 0 unspecified atom stereocenters. The average Bonchev–Trinajstić information content (AvgIpc) is 2.44. The number of nitrogens with one attached hydrogen (secondary N) is 1. The van der Waals surface area contributed by atoms with Crippen molar-refractivity contribution in [2.45, 2.75) is 19.8 Å². The molecule has 0 aliphatic carbocycles. The van der Waals surface area contributed by atoms with E-state index in [1.54, 1.807) is 24.3 Å². The Hall–Kier alpha value is -1.80. The maximum Gasteiger partial charge on any atom is 0.251 e. The lowest BCUT2D eigenvalue weighted by Crippen LogP contribution is -2.24. The van der Waals surface area contributed by atoms with Crippen molar-refractivity contribution in [2.75, 3.05) is 6.54 Å². The molecule has 0 aliphatic rings. The molecule has 0 aliphatic heterocycles. The molecule has 2 rings (SSSR count). The Morgan fingerprint density at radius 2 is 1.90 bits per heavy atom. The van der Waals surface area contributed by atoms with Gasteiger partial charge >= 0.3 is 0 Å². The normalized spacial score (nSPS) is 10.3. The van der Waals surface area contributed by atoms with Crippen molar-refractivity contribution in [2.24, 2.45) is 0 Å². The summed E-state index contributed by atoms with van der Waals surface area (Å²) < 4.78 is 0. The molecule has 2 aromatic rings. The van der Waals surface area contributed by atoms with Gasteiger partial charge in [-0.1, -0.05) is 41.4 Å². The van der Waals surface area contributed by atoms with Gasteiger partial charge in [0.1, 0.15) is 0 Å². The Balaban J connectivity index is 1.76. The van der Waals surface area contributed by atoms with E-state index in [9.17, 15) is 4.79 Å². The molecular formula is C17H18ClNO. The molecule has 1 N–H and O–H groups in total. The number of aryl methyl sites for hydroxylation is 2. The number of carbonyl (C=O) groups excluding carboxylic acids is 1. The van der Waals surface area contributed by atoms with Crippen molar-refractivity contribution < 1.29 is 4.79 Å². The smallest absolute Gasteiger partial charge is 0.251 e. The topological polar surface area (TPSA) is 29.1 Å². The van der Waals surface area contributed by atoms with Gasteiger partial charge in [-0.15, -0.1) is 0 Å². The zero-order chi connectivity index (χ0) is 14.4. The van der Waals surface area contributed by atoms with Gasteiger partial charge in [-0.2, -0.15) is 0 Å². The molecule has 104 valence electrons. The van der Waals surface area contributed by atoms with Crippen LogP contribution in [0.3, 0.4) is 0 Å². The third-order valence-electron chi connectivity index (χ3n) is 3.12. The average molecular weight is 288 g/mol. The second-order valence-corrected chi connectivity index (χ2v) is 5.29. The van der Waals surface area contributed by atoms with Gasteiger partial charge in [0.25, 0.3) is 5.91 Å². The van der Waals surface area contributed by atoms with Gasteiger partial charge in [-0.25, -0.2) is 0 Å². The molecule has 0 atom stereocenters. The number of amides is 1. The maximum atomic E-state index is 11.9. The van der Waals surface area contributed by atoms with Crippen molar-refractivity contribution in [1.82, 2.24) is 5.32 Å². The predicted molar refractivity (Wildman–Crippen MR) is 83.3 cm³/mol. The van der Waals surface area contributed by atoms with E-state index in [1.165, 1.54) is 11.1 Å². The van der Waals surface area contributed by atoms with Crippen LogP contribution in [-0.4, -0.2) is 12.5 Å². The zero-order valence-electron chi connectivity index (χ0n) is 11.5. The van der Waals surface area contributed by atoms with Crippen molar-refractivity contribution in [1.29, 1.82) is 0 Å². The molecule has 3 heteroatoms. The van der Waals surface area contributed by atoms with Gasteiger partial charge in [-0.05, 0) is 49.6 Å². The van der Waals surface area contributed by atoms with Crippen molar-refractivity contribution >= 4 is 17.5 Å². The number of halogens is 1. The van der Waals surface area contributed by atoms with Crippen molar-refractivity contribution in [3.8, 4) is 0 Å². The van der Waals surface area contributed by atoms with Gasteiger partial charge in [0.05, 0.1) is 0 Å². The highest BCUT2D eigenvalue weighted by Crippen LogP contribution is 2.09. The second-order valence-electron chi connectivity index (χ2n) is 4.86. The number of benzene rings is 2. The van der Waals surface area contributed by atoms with Gasteiger partial charge in [0.15, 0.2) is 0 Å². The van der Waals surface area contributed by atoms with Crippen LogP contribution in [0.4, 0.5) is 0 Å². The molecule has 2 nitrogen and oxygen atoms in total. The van der Waals surface area contributed by atoms with E-state index in [0.29, 0.717) is 17.1 Å². The van der Waals surface area contributed by atoms with E-state index in [0.717, 1.165) is 12.8 Å². The molecule has 1 amide bonds. The number of hydrogen-bond acceptors (Lipinski definition) is 1. The molecule has 0 heterocycles. The first-order valence-electron chi connectivity index (χ1n) is 6.74. The number of carbonyl (C=O) groups is 1. The molecule has 0 saturated heterocycles. The fraction of sp³-hybridized carbons (Fsp3) is 0.235. The lowest BCUT2D eigenvalue weighted by molar-refractivity contribution is 0.0953. The molecule has 0 spiro atoms. The van der Waals surface area contributed by atoms with Crippen LogP contribution >= 0.6 is 11.6 Å². The van der Waals surface area contributed by atoms with E-state index in [4.69, 9.17) is 11.6 Å². The summed E-state index contributed by atoms with van der Waals surface area (Å²) in [5.41, 5.74) is 3.23. The third-order valence-corrected chi connectivity index (χ3v) is 3.37. The summed E-state index contributed by atoms with van der Waals surface area (Å²) in [7, 11) is 0. The van der Waals surface area contributed by atoms with Gasteiger partial charge in [0.2, 0.25) is 0 Å². The lowest BCUT2D eigenvalue weighted by Gasteiger charge is -2.06. The Morgan fingerprint density at radius 3 is 2.60 bits per heavy atom. The largest absolute Gasteiger partial charge is 0.352 e. The SMILES string of the molecule is Cc1cccc(CCCNC(=O)c2ccc(Cl)cc2)c1. The van der Waals surface area contributed by atoms with Crippen LogP contribution in [0.15, 0.2) is 48.5 Å². The van der Waals surface area contributed by atoms with E-state index in [-0.39, 0.29) is 5.91 Å². The first kappa shape index (κ1) is 14.6. The van der Waals surface area contributed by atoms with Crippen molar-refractivity contribution in [3.05, 3.63) is 70.2 Å². The van der Waals surface area contributed by atoms with Crippen LogP contribution in [0.5, 0.6) is 0 Å². The van der Waals surface area contributed by atoms with Crippen LogP contribution < -0.4 is 5.32 Å². The fourth-order valence-corrected chi connectivity index (χ4v) is 2.19. The highest BCUT2D eigenvalue weighted by Gasteiger charge is 2.04. The monoisotopic (exact) mass is 287 g/mol. The van der Waals surface area contributed by atoms with Crippen molar-refractivity contribution in [3.63, 3.8) is 0 Å². The summed E-state index contributed by atoms with van der Waals surface area (Å²) in [6.45, 7) is 2.77. The summed E-state index contributed by atoms with van der Waals surface area (Å²) in [5.74, 6) is -0.0501. The number of rotatable bonds is 5. The highest BCUT2D eigenvalue weighted by atomic mass is 35.5. The highest BCUT2D eigenvalue weighted by molar-refractivity contribution is 6.30. The molecule has 2 aromatic carbocycles. The quantitative estimate of drug-likeness (QED) is 0.827.